The van der Waals surface area contributed by atoms with Crippen LogP contribution < -0.4 is 4.72 Å². The molecule has 1 aliphatic carbocycles. The van der Waals surface area contributed by atoms with E-state index in [1.54, 1.807) is 10.9 Å². The summed E-state index contributed by atoms with van der Waals surface area (Å²) in [5.74, 6) is -0.457. The highest BCUT2D eigenvalue weighted by Gasteiger charge is 2.27. The Morgan fingerprint density at radius 1 is 1.33 bits per heavy atom. The van der Waals surface area contributed by atoms with Gasteiger partial charge in [-0.05, 0) is 43.5 Å². The summed E-state index contributed by atoms with van der Waals surface area (Å²) in [7, 11) is -1.81. The predicted molar refractivity (Wildman–Crippen MR) is 75.6 cm³/mol. The average Bonchev–Trinajstić information content (AvgIpc) is 2.82. The molecule has 21 heavy (non-hydrogen) atoms. The number of fused-ring (bicyclic) bond motifs is 1. The number of aromatic nitrogens is 2. The topological polar surface area (TPSA) is 64.0 Å². The molecule has 1 aromatic carbocycles. The third-order valence-electron chi connectivity index (χ3n) is 3.80. The van der Waals surface area contributed by atoms with Gasteiger partial charge >= 0.3 is 0 Å². The summed E-state index contributed by atoms with van der Waals surface area (Å²) in [6.07, 6.45) is 4.26. The molecule has 1 N–H and O–H groups in total. The number of halogens is 1. The van der Waals surface area contributed by atoms with Gasteiger partial charge in [-0.15, -0.1) is 0 Å². The highest BCUT2D eigenvalue weighted by molar-refractivity contribution is 7.89. The quantitative estimate of drug-likeness (QED) is 0.942. The van der Waals surface area contributed by atoms with Gasteiger partial charge in [-0.25, -0.2) is 17.5 Å². The van der Waals surface area contributed by atoms with E-state index < -0.39 is 15.8 Å². The molecular formula is C14H16FN3O2S. The lowest BCUT2D eigenvalue weighted by molar-refractivity contribution is 0.498. The monoisotopic (exact) mass is 309 g/mol. The lowest BCUT2D eigenvalue weighted by Gasteiger charge is -2.23. The molecule has 7 heteroatoms. The molecule has 0 saturated heterocycles. The van der Waals surface area contributed by atoms with Gasteiger partial charge in [0.05, 0.1) is 17.1 Å². The van der Waals surface area contributed by atoms with Crippen LogP contribution in [-0.4, -0.2) is 18.2 Å². The molecule has 1 heterocycles. The molecule has 0 saturated carbocycles. The fourth-order valence-corrected chi connectivity index (χ4v) is 3.95. The van der Waals surface area contributed by atoms with E-state index in [1.165, 1.54) is 12.1 Å². The van der Waals surface area contributed by atoms with Crippen LogP contribution in [0.3, 0.4) is 0 Å². The maximum absolute atomic E-state index is 12.9. The molecule has 0 fully saturated rings. The first kappa shape index (κ1) is 14.2. The highest BCUT2D eigenvalue weighted by atomic mass is 32.2. The molecule has 0 spiro atoms. The van der Waals surface area contributed by atoms with E-state index >= 15 is 0 Å². The molecule has 3 rings (SSSR count). The summed E-state index contributed by atoms with van der Waals surface area (Å²) < 4.78 is 42.1. The Morgan fingerprint density at radius 3 is 2.76 bits per heavy atom. The number of benzene rings is 1. The van der Waals surface area contributed by atoms with Crippen LogP contribution in [0.2, 0.25) is 0 Å². The molecule has 2 aromatic rings. The van der Waals surface area contributed by atoms with E-state index in [1.807, 2.05) is 7.05 Å². The van der Waals surface area contributed by atoms with E-state index in [-0.39, 0.29) is 10.9 Å². The maximum Gasteiger partial charge on any atom is 0.241 e. The number of nitrogens with one attached hydrogen (secondary N) is 1. The SMILES string of the molecule is Cn1ncc2c1CCC[C@H]2NS(=O)(=O)c1ccc(F)cc1. The smallest absolute Gasteiger partial charge is 0.241 e. The van der Waals surface area contributed by atoms with Crippen LogP contribution in [-0.2, 0) is 23.5 Å². The number of aryl methyl sites for hydroxylation is 1. The predicted octanol–water partition coefficient (Wildman–Crippen LogP) is 1.92. The lowest BCUT2D eigenvalue weighted by atomic mass is 9.94. The van der Waals surface area contributed by atoms with Crippen LogP contribution in [0.1, 0.15) is 30.1 Å². The molecule has 0 unspecified atom stereocenters. The Morgan fingerprint density at radius 2 is 2.05 bits per heavy atom. The van der Waals surface area contributed by atoms with Crippen molar-refractivity contribution in [1.29, 1.82) is 0 Å². The number of hydrogen-bond acceptors (Lipinski definition) is 3. The van der Waals surface area contributed by atoms with Gasteiger partial charge in [0.1, 0.15) is 5.82 Å². The Balaban J connectivity index is 1.88. The first-order valence-electron chi connectivity index (χ1n) is 6.76. The van der Waals surface area contributed by atoms with Crippen molar-refractivity contribution in [1.82, 2.24) is 14.5 Å². The summed E-state index contributed by atoms with van der Waals surface area (Å²) in [4.78, 5) is 0.0694. The summed E-state index contributed by atoms with van der Waals surface area (Å²) >= 11 is 0. The third kappa shape index (κ3) is 2.71. The van der Waals surface area contributed by atoms with Crippen molar-refractivity contribution >= 4 is 10.0 Å². The van der Waals surface area contributed by atoms with Crippen molar-refractivity contribution in [3.05, 3.63) is 47.5 Å². The van der Waals surface area contributed by atoms with Crippen molar-refractivity contribution in [2.45, 2.75) is 30.2 Å². The van der Waals surface area contributed by atoms with Gasteiger partial charge in [0, 0.05) is 18.3 Å². The normalized spacial score (nSPS) is 18.5. The standard InChI is InChI=1S/C14H16FN3O2S/c1-18-14-4-2-3-13(12(14)9-16-18)17-21(19,20)11-7-5-10(15)6-8-11/h5-9,13,17H,2-4H2,1H3/t13-/m1/s1. The Kier molecular flexibility index (Phi) is 3.54. The van der Waals surface area contributed by atoms with Gasteiger partial charge in [0.15, 0.2) is 0 Å². The molecule has 0 aliphatic heterocycles. The zero-order valence-electron chi connectivity index (χ0n) is 11.6. The molecule has 0 bridgehead atoms. The average molecular weight is 309 g/mol. The molecule has 1 aliphatic rings. The van der Waals surface area contributed by atoms with Crippen LogP contribution in [0.25, 0.3) is 0 Å². The second-order valence-electron chi connectivity index (χ2n) is 5.19. The second-order valence-corrected chi connectivity index (χ2v) is 6.90. The highest BCUT2D eigenvalue weighted by Crippen LogP contribution is 2.30. The molecule has 0 radical (unpaired) electrons. The number of sulfonamides is 1. The van der Waals surface area contributed by atoms with Crippen molar-refractivity contribution < 1.29 is 12.8 Å². The third-order valence-corrected chi connectivity index (χ3v) is 5.28. The molecule has 5 nitrogen and oxygen atoms in total. The Bertz CT molecular complexity index is 753. The van der Waals surface area contributed by atoms with E-state index in [4.69, 9.17) is 0 Å². The molecule has 1 atom stereocenters. The van der Waals surface area contributed by atoms with Crippen molar-refractivity contribution in [2.75, 3.05) is 0 Å². The Hall–Kier alpha value is -1.73. The van der Waals surface area contributed by atoms with Crippen LogP contribution in [0.5, 0.6) is 0 Å². The summed E-state index contributed by atoms with van der Waals surface area (Å²) in [5, 5.41) is 4.20. The van der Waals surface area contributed by atoms with Crippen molar-refractivity contribution in [2.24, 2.45) is 7.05 Å². The van der Waals surface area contributed by atoms with Crippen LogP contribution in [0.15, 0.2) is 35.4 Å². The van der Waals surface area contributed by atoms with Gasteiger partial charge in [-0.1, -0.05) is 0 Å². The van der Waals surface area contributed by atoms with Gasteiger partial charge in [0.25, 0.3) is 0 Å². The molecule has 0 amide bonds. The van der Waals surface area contributed by atoms with Crippen LogP contribution in [0.4, 0.5) is 4.39 Å². The molecular weight excluding hydrogens is 293 g/mol. The lowest BCUT2D eigenvalue weighted by Crippen LogP contribution is -2.31. The number of hydrogen-bond donors (Lipinski definition) is 1. The largest absolute Gasteiger partial charge is 0.272 e. The fourth-order valence-electron chi connectivity index (χ4n) is 2.70. The Labute approximate surface area is 122 Å². The fraction of sp³-hybridized carbons (Fsp3) is 0.357. The van der Waals surface area contributed by atoms with Gasteiger partial charge in [-0.3, -0.25) is 4.68 Å². The van der Waals surface area contributed by atoms with E-state index in [2.05, 4.69) is 9.82 Å². The minimum absolute atomic E-state index is 0.0694. The van der Waals surface area contributed by atoms with Gasteiger partial charge in [0.2, 0.25) is 10.0 Å². The molecule has 112 valence electrons. The maximum atomic E-state index is 12.9. The van der Waals surface area contributed by atoms with Gasteiger partial charge < -0.3 is 0 Å². The van der Waals surface area contributed by atoms with E-state index in [0.29, 0.717) is 0 Å². The summed E-state index contributed by atoms with van der Waals surface area (Å²) in [5.41, 5.74) is 1.99. The molecule has 1 aromatic heterocycles. The van der Waals surface area contributed by atoms with E-state index in [9.17, 15) is 12.8 Å². The zero-order valence-corrected chi connectivity index (χ0v) is 12.4. The second kappa shape index (κ2) is 5.23. The van der Waals surface area contributed by atoms with Gasteiger partial charge in [-0.2, -0.15) is 5.10 Å². The van der Waals surface area contributed by atoms with Crippen LogP contribution >= 0.6 is 0 Å². The minimum Gasteiger partial charge on any atom is -0.272 e. The first-order valence-corrected chi connectivity index (χ1v) is 8.24. The van der Waals surface area contributed by atoms with Crippen molar-refractivity contribution in [3.8, 4) is 0 Å². The zero-order chi connectivity index (χ0) is 15.0. The van der Waals surface area contributed by atoms with Crippen molar-refractivity contribution in [3.63, 3.8) is 0 Å². The minimum atomic E-state index is -3.66. The summed E-state index contributed by atoms with van der Waals surface area (Å²) in [6, 6.07) is 4.54. The van der Waals surface area contributed by atoms with Crippen LogP contribution in [0, 0.1) is 5.82 Å². The van der Waals surface area contributed by atoms with E-state index in [0.717, 1.165) is 42.7 Å². The first-order chi connectivity index (χ1) is 9.97. The number of nitrogens with zero attached hydrogens (tertiary/aromatic N) is 2. The summed E-state index contributed by atoms with van der Waals surface area (Å²) in [6.45, 7) is 0. The number of rotatable bonds is 3.